The number of nitrogens with two attached hydrogens (primary N) is 1. The van der Waals surface area contributed by atoms with Crippen molar-refractivity contribution in [3.63, 3.8) is 0 Å². The van der Waals surface area contributed by atoms with E-state index in [0.29, 0.717) is 12.5 Å². The molecule has 1 heterocycles. The zero-order chi connectivity index (χ0) is 10.0. The minimum absolute atomic E-state index is 0.651. The summed E-state index contributed by atoms with van der Waals surface area (Å²) in [7, 11) is 0. The van der Waals surface area contributed by atoms with E-state index >= 15 is 0 Å². The van der Waals surface area contributed by atoms with Crippen LogP contribution in [0.4, 0.5) is 0 Å². The van der Waals surface area contributed by atoms with Crippen LogP contribution < -0.4 is 5.73 Å². The molecule has 0 atom stereocenters. The summed E-state index contributed by atoms with van der Waals surface area (Å²) < 4.78 is 2.35. The Morgan fingerprint density at radius 2 is 2.00 bits per heavy atom. The van der Waals surface area contributed by atoms with Crippen molar-refractivity contribution < 1.29 is 0 Å². The zero-order valence-corrected chi connectivity index (χ0v) is 9.09. The van der Waals surface area contributed by atoms with Gasteiger partial charge in [-0.2, -0.15) is 0 Å². The topological polar surface area (TPSA) is 30.9 Å². The first kappa shape index (κ1) is 10.3. The van der Waals surface area contributed by atoms with Crippen LogP contribution in [0.2, 0.25) is 0 Å². The number of aryl methyl sites for hydroxylation is 1. The van der Waals surface area contributed by atoms with E-state index in [4.69, 9.17) is 5.73 Å². The van der Waals surface area contributed by atoms with Crippen LogP contribution in [0.25, 0.3) is 0 Å². The fraction of sp³-hybridized carbons (Fsp3) is 0.636. The fourth-order valence-corrected chi connectivity index (χ4v) is 1.73. The highest BCUT2D eigenvalue weighted by Crippen LogP contribution is 2.16. The molecule has 0 radical (unpaired) electrons. The second-order valence-electron chi connectivity index (χ2n) is 4.10. The Kier molecular flexibility index (Phi) is 3.15. The lowest BCUT2D eigenvalue weighted by Crippen LogP contribution is -2.08. The molecule has 0 aliphatic carbocycles. The Bertz CT molecular complexity index is 285. The number of hydrogen-bond donors (Lipinski definition) is 1. The second-order valence-corrected chi connectivity index (χ2v) is 4.10. The van der Waals surface area contributed by atoms with E-state index in [9.17, 15) is 0 Å². The lowest BCUT2D eigenvalue weighted by atomic mass is 10.2. The minimum Gasteiger partial charge on any atom is -0.349 e. The van der Waals surface area contributed by atoms with Crippen LogP contribution in [0.1, 0.15) is 30.8 Å². The summed E-state index contributed by atoms with van der Waals surface area (Å²) in [6.45, 7) is 10.5. The summed E-state index contributed by atoms with van der Waals surface area (Å²) in [6.07, 6.45) is 0. The molecule has 0 bridgehead atoms. The highest BCUT2D eigenvalue weighted by atomic mass is 15.0. The van der Waals surface area contributed by atoms with Crippen LogP contribution >= 0.6 is 0 Å². The van der Waals surface area contributed by atoms with Gasteiger partial charge in [0, 0.05) is 24.5 Å². The molecule has 0 fully saturated rings. The Morgan fingerprint density at radius 3 is 2.38 bits per heavy atom. The molecule has 0 unspecified atom stereocenters. The van der Waals surface area contributed by atoms with Crippen molar-refractivity contribution in [2.75, 3.05) is 0 Å². The smallest absolute Gasteiger partial charge is 0.0247 e. The standard InChI is InChI=1S/C11H20N2/c1-8(2)7-13-9(3)5-11(6-12)10(13)4/h5,8H,6-7,12H2,1-4H3. The van der Waals surface area contributed by atoms with Gasteiger partial charge in [-0.25, -0.2) is 0 Å². The monoisotopic (exact) mass is 180 g/mol. The van der Waals surface area contributed by atoms with Gasteiger partial charge in [0.1, 0.15) is 0 Å². The van der Waals surface area contributed by atoms with Crippen LogP contribution in [0.3, 0.4) is 0 Å². The maximum Gasteiger partial charge on any atom is 0.0247 e. The Balaban J connectivity index is 2.98. The first-order chi connectivity index (χ1) is 6.06. The van der Waals surface area contributed by atoms with Crippen LogP contribution in [0, 0.1) is 19.8 Å². The van der Waals surface area contributed by atoms with Gasteiger partial charge in [0.05, 0.1) is 0 Å². The second kappa shape index (κ2) is 3.97. The summed E-state index contributed by atoms with van der Waals surface area (Å²) >= 11 is 0. The number of hydrogen-bond acceptors (Lipinski definition) is 1. The van der Waals surface area contributed by atoms with Crippen molar-refractivity contribution in [3.05, 3.63) is 23.0 Å². The molecule has 0 saturated heterocycles. The summed E-state index contributed by atoms with van der Waals surface area (Å²) in [5.74, 6) is 0.690. The lowest BCUT2D eigenvalue weighted by Gasteiger charge is -2.12. The Labute approximate surface area is 80.7 Å². The molecule has 0 amide bonds. The Morgan fingerprint density at radius 1 is 1.38 bits per heavy atom. The highest BCUT2D eigenvalue weighted by Gasteiger charge is 2.08. The van der Waals surface area contributed by atoms with Crippen molar-refractivity contribution in [2.45, 2.75) is 40.8 Å². The van der Waals surface area contributed by atoms with Gasteiger partial charge >= 0.3 is 0 Å². The maximum atomic E-state index is 5.65. The molecule has 13 heavy (non-hydrogen) atoms. The maximum absolute atomic E-state index is 5.65. The van der Waals surface area contributed by atoms with Gasteiger partial charge in [0.2, 0.25) is 0 Å². The van der Waals surface area contributed by atoms with Crippen LogP contribution in [-0.2, 0) is 13.1 Å². The van der Waals surface area contributed by atoms with E-state index in [1.807, 2.05) is 0 Å². The third-order valence-corrected chi connectivity index (χ3v) is 2.45. The molecular weight excluding hydrogens is 160 g/mol. The van der Waals surface area contributed by atoms with Crippen molar-refractivity contribution in [3.8, 4) is 0 Å². The molecular formula is C11H20N2. The third-order valence-electron chi connectivity index (χ3n) is 2.45. The Hall–Kier alpha value is -0.760. The molecule has 0 aliphatic heterocycles. The van der Waals surface area contributed by atoms with E-state index in [1.165, 1.54) is 17.0 Å². The average molecular weight is 180 g/mol. The molecule has 2 N–H and O–H groups in total. The van der Waals surface area contributed by atoms with Crippen LogP contribution in [0.15, 0.2) is 6.07 Å². The number of rotatable bonds is 3. The fourth-order valence-electron chi connectivity index (χ4n) is 1.73. The average Bonchev–Trinajstić information content (AvgIpc) is 2.31. The normalized spacial score (nSPS) is 11.2. The van der Waals surface area contributed by atoms with E-state index in [0.717, 1.165) is 6.54 Å². The van der Waals surface area contributed by atoms with Crippen LogP contribution in [-0.4, -0.2) is 4.57 Å². The molecule has 2 nitrogen and oxygen atoms in total. The minimum atomic E-state index is 0.651. The first-order valence-electron chi connectivity index (χ1n) is 4.92. The number of aromatic nitrogens is 1. The number of nitrogens with zero attached hydrogens (tertiary/aromatic N) is 1. The lowest BCUT2D eigenvalue weighted by molar-refractivity contribution is 0.508. The van der Waals surface area contributed by atoms with Crippen molar-refractivity contribution in [1.29, 1.82) is 0 Å². The zero-order valence-electron chi connectivity index (χ0n) is 9.09. The molecule has 74 valence electrons. The molecule has 0 aromatic carbocycles. The van der Waals surface area contributed by atoms with Gasteiger partial charge in [-0.15, -0.1) is 0 Å². The highest BCUT2D eigenvalue weighted by molar-refractivity contribution is 5.26. The van der Waals surface area contributed by atoms with Gasteiger partial charge in [-0.1, -0.05) is 13.8 Å². The van der Waals surface area contributed by atoms with Crippen LogP contribution in [0.5, 0.6) is 0 Å². The molecule has 0 aliphatic rings. The van der Waals surface area contributed by atoms with Gasteiger partial charge in [0.25, 0.3) is 0 Å². The molecule has 0 spiro atoms. The molecule has 0 saturated carbocycles. The molecule has 1 aromatic heterocycles. The third kappa shape index (κ3) is 2.13. The molecule has 1 aromatic rings. The quantitative estimate of drug-likeness (QED) is 0.759. The summed E-state index contributed by atoms with van der Waals surface area (Å²) in [5, 5.41) is 0. The van der Waals surface area contributed by atoms with Gasteiger partial charge < -0.3 is 10.3 Å². The largest absolute Gasteiger partial charge is 0.349 e. The van der Waals surface area contributed by atoms with Gasteiger partial charge in [0.15, 0.2) is 0 Å². The van der Waals surface area contributed by atoms with Crippen molar-refractivity contribution in [1.82, 2.24) is 4.57 Å². The molecule has 1 rings (SSSR count). The van der Waals surface area contributed by atoms with E-state index in [-0.39, 0.29) is 0 Å². The van der Waals surface area contributed by atoms with E-state index in [2.05, 4.69) is 38.3 Å². The summed E-state index contributed by atoms with van der Waals surface area (Å²) in [6, 6.07) is 2.19. The van der Waals surface area contributed by atoms with Crippen molar-refractivity contribution in [2.24, 2.45) is 11.7 Å². The van der Waals surface area contributed by atoms with E-state index < -0.39 is 0 Å². The first-order valence-corrected chi connectivity index (χ1v) is 4.92. The summed E-state index contributed by atoms with van der Waals surface area (Å²) in [4.78, 5) is 0. The SMILES string of the molecule is Cc1cc(CN)c(C)n1CC(C)C. The van der Waals surface area contributed by atoms with E-state index in [1.54, 1.807) is 0 Å². The predicted octanol–water partition coefficient (Wildman–Crippen LogP) is 2.22. The van der Waals surface area contributed by atoms with Gasteiger partial charge in [-0.3, -0.25) is 0 Å². The molecule has 2 heteroatoms. The summed E-state index contributed by atoms with van der Waals surface area (Å²) in [5.41, 5.74) is 9.58. The predicted molar refractivity (Wildman–Crippen MR) is 56.6 cm³/mol. The van der Waals surface area contributed by atoms with Gasteiger partial charge in [-0.05, 0) is 31.4 Å². The van der Waals surface area contributed by atoms with Crippen molar-refractivity contribution >= 4 is 0 Å².